The molecule has 1 amide bonds. The summed E-state index contributed by atoms with van der Waals surface area (Å²) in [7, 11) is 0. The number of halogens is 1. The average Bonchev–Trinajstić information content (AvgIpc) is 2.74. The van der Waals surface area contributed by atoms with Crippen molar-refractivity contribution < 1.29 is 23.6 Å². The molecule has 1 saturated heterocycles. The second-order valence-electron chi connectivity index (χ2n) is 6.99. The predicted octanol–water partition coefficient (Wildman–Crippen LogP) is 2.68. The van der Waals surface area contributed by atoms with Gasteiger partial charge in [-0.05, 0) is 30.7 Å². The Morgan fingerprint density at radius 2 is 2.07 bits per heavy atom. The number of nitrogens with one attached hydrogen (secondary N) is 1. The van der Waals surface area contributed by atoms with E-state index in [9.17, 15) is 19.3 Å². The quantitative estimate of drug-likeness (QED) is 0.524. The van der Waals surface area contributed by atoms with E-state index in [2.05, 4.69) is 10.2 Å². The van der Waals surface area contributed by atoms with Crippen LogP contribution in [0.25, 0.3) is 0 Å². The minimum absolute atomic E-state index is 0.0947. The van der Waals surface area contributed by atoms with Gasteiger partial charge < -0.3 is 14.8 Å². The molecule has 1 aliphatic heterocycles. The summed E-state index contributed by atoms with van der Waals surface area (Å²) in [6.45, 7) is 6.11. The zero-order valence-corrected chi connectivity index (χ0v) is 16.7. The number of amides is 1. The number of morpholine rings is 1. The van der Waals surface area contributed by atoms with Crippen LogP contribution in [0.4, 0.5) is 10.1 Å². The molecule has 0 aliphatic carbocycles. The molecule has 1 heterocycles. The van der Waals surface area contributed by atoms with Crippen molar-refractivity contribution in [1.82, 2.24) is 10.2 Å². The number of nitro benzene ring substituents is 1. The summed E-state index contributed by atoms with van der Waals surface area (Å²) in [6.07, 6.45) is 0. The maximum Gasteiger partial charge on any atom is 0.276 e. The maximum absolute atomic E-state index is 13.9. The van der Waals surface area contributed by atoms with Crippen molar-refractivity contribution in [2.75, 3.05) is 39.5 Å². The number of rotatable bonds is 8. The molecular weight excluding hydrogens is 393 g/mol. The highest BCUT2D eigenvalue weighted by Crippen LogP contribution is 2.23. The Kier molecular flexibility index (Phi) is 7.31. The van der Waals surface area contributed by atoms with E-state index in [1.54, 1.807) is 0 Å². The fourth-order valence-electron chi connectivity index (χ4n) is 3.13. The van der Waals surface area contributed by atoms with Gasteiger partial charge in [0.1, 0.15) is 18.2 Å². The number of benzene rings is 2. The molecule has 1 aliphatic rings. The van der Waals surface area contributed by atoms with Gasteiger partial charge in [-0.2, -0.15) is 0 Å². The van der Waals surface area contributed by atoms with Crippen molar-refractivity contribution >= 4 is 11.6 Å². The van der Waals surface area contributed by atoms with Crippen molar-refractivity contribution in [3.63, 3.8) is 0 Å². The second-order valence-corrected chi connectivity index (χ2v) is 6.99. The zero-order valence-electron chi connectivity index (χ0n) is 16.7. The molecule has 0 radical (unpaired) electrons. The molecule has 0 unspecified atom stereocenters. The molecule has 160 valence electrons. The smallest absolute Gasteiger partial charge is 0.276 e. The fourth-order valence-corrected chi connectivity index (χ4v) is 3.13. The Bertz CT molecular complexity index is 916. The standard InChI is InChI=1S/C21H24FN3O5/c1-15-19(22)12-17(13-20(15)25(27)28)21(26)23-14-16-3-2-4-18(11-16)30-10-7-24-5-8-29-9-6-24/h2-4,11-13H,5-10,14H2,1H3,(H,23,26). The van der Waals surface area contributed by atoms with Crippen LogP contribution in [0.5, 0.6) is 5.75 Å². The van der Waals surface area contributed by atoms with Gasteiger partial charge >= 0.3 is 0 Å². The second kappa shape index (κ2) is 10.1. The van der Waals surface area contributed by atoms with Crippen LogP contribution in [0.1, 0.15) is 21.5 Å². The van der Waals surface area contributed by atoms with E-state index in [-0.39, 0.29) is 17.7 Å². The highest BCUT2D eigenvalue weighted by Gasteiger charge is 2.19. The Labute approximate surface area is 173 Å². The Morgan fingerprint density at radius 1 is 1.30 bits per heavy atom. The van der Waals surface area contributed by atoms with Crippen LogP contribution < -0.4 is 10.1 Å². The lowest BCUT2D eigenvalue weighted by atomic mass is 10.1. The molecule has 9 heteroatoms. The van der Waals surface area contributed by atoms with Crippen LogP contribution in [-0.4, -0.2) is 55.2 Å². The maximum atomic E-state index is 13.9. The summed E-state index contributed by atoms with van der Waals surface area (Å²) >= 11 is 0. The van der Waals surface area contributed by atoms with E-state index in [1.807, 2.05) is 24.3 Å². The lowest BCUT2D eigenvalue weighted by molar-refractivity contribution is -0.385. The molecule has 0 bridgehead atoms. The number of nitrogens with zero attached hydrogens (tertiary/aromatic N) is 2. The molecule has 0 spiro atoms. The minimum Gasteiger partial charge on any atom is -0.492 e. The van der Waals surface area contributed by atoms with E-state index in [0.29, 0.717) is 12.4 Å². The van der Waals surface area contributed by atoms with Gasteiger partial charge in [0.2, 0.25) is 0 Å². The topological polar surface area (TPSA) is 93.9 Å². The molecule has 0 aromatic heterocycles. The normalized spacial score (nSPS) is 14.3. The van der Waals surface area contributed by atoms with Gasteiger partial charge in [-0.15, -0.1) is 0 Å². The van der Waals surface area contributed by atoms with E-state index < -0.39 is 22.3 Å². The molecular formula is C21H24FN3O5. The Hall–Kier alpha value is -3.04. The number of carbonyl (C=O) groups is 1. The summed E-state index contributed by atoms with van der Waals surface area (Å²) in [6, 6.07) is 9.39. The van der Waals surface area contributed by atoms with Crippen molar-refractivity contribution in [2.45, 2.75) is 13.5 Å². The number of carbonyl (C=O) groups excluding carboxylic acids is 1. The molecule has 2 aromatic rings. The summed E-state index contributed by atoms with van der Waals surface area (Å²) in [5.41, 5.74) is 0.186. The highest BCUT2D eigenvalue weighted by molar-refractivity contribution is 5.95. The van der Waals surface area contributed by atoms with Crippen LogP contribution in [-0.2, 0) is 11.3 Å². The van der Waals surface area contributed by atoms with Gasteiger partial charge in [0.15, 0.2) is 0 Å². The monoisotopic (exact) mass is 417 g/mol. The fraction of sp³-hybridized carbons (Fsp3) is 0.381. The first kappa shape index (κ1) is 21.7. The van der Waals surface area contributed by atoms with E-state index in [1.165, 1.54) is 6.92 Å². The number of ether oxygens (including phenoxy) is 2. The molecule has 2 aromatic carbocycles. The average molecular weight is 417 g/mol. The Balaban J connectivity index is 1.55. The molecule has 0 saturated carbocycles. The molecule has 30 heavy (non-hydrogen) atoms. The number of hydrogen-bond acceptors (Lipinski definition) is 6. The Morgan fingerprint density at radius 3 is 2.80 bits per heavy atom. The molecule has 0 atom stereocenters. The van der Waals surface area contributed by atoms with Crippen LogP contribution in [0.3, 0.4) is 0 Å². The first-order valence-electron chi connectivity index (χ1n) is 9.68. The summed E-state index contributed by atoms with van der Waals surface area (Å²) in [5, 5.41) is 13.7. The van der Waals surface area contributed by atoms with Gasteiger partial charge in [-0.25, -0.2) is 4.39 Å². The highest BCUT2D eigenvalue weighted by atomic mass is 19.1. The largest absolute Gasteiger partial charge is 0.492 e. The molecule has 8 nitrogen and oxygen atoms in total. The zero-order chi connectivity index (χ0) is 21.5. The first-order valence-corrected chi connectivity index (χ1v) is 9.68. The summed E-state index contributed by atoms with van der Waals surface area (Å²) in [5.74, 6) is -0.687. The number of hydrogen-bond donors (Lipinski definition) is 1. The third kappa shape index (κ3) is 5.74. The van der Waals surface area contributed by atoms with Crippen LogP contribution in [0.15, 0.2) is 36.4 Å². The van der Waals surface area contributed by atoms with Gasteiger partial charge in [0.05, 0.1) is 23.7 Å². The van der Waals surface area contributed by atoms with E-state index >= 15 is 0 Å². The SMILES string of the molecule is Cc1c(F)cc(C(=O)NCc2cccc(OCCN3CCOCC3)c2)cc1[N+](=O)[O-]. The van der Waals surface area contributed by atoms with Crippen molar-refractivity contribution in [3.05, 3.63) is 69.0 Å². The van der Waals surface area contributed by atoms with Crippen LogP contribution in [0.2, 0.25) is 0 Å². The molecule has 1 fully saturated rings. The summed E-state index contributed by atoms with van der Waals surface area (Å²) in [4.78, 5) is 24.9. The van der Waals surface area contributed by atoms with Crippen LogP contribution >= 0.6 is 0 Å². The van der Waals surface area contributed by atoms with Crippen molar-refractivity contribution in [1.29, 1.82) is 0 Å². The summed E-state index contributed by atoms with van der Waals surface area (Å²) < 4.78 is 25.0. The third-order valence-corrected chi connectivity index (χ3v) is 4.91. The molecule has 3 rings (SSSR count). The van der Waals surface area contributed by atoms with Gasteiger partial charge in [-0.1, -0.05) is 12.1 Å². The minimum atomic E-state index is -0.787. The van der Waals surface area contributed by atoms with Crippen molar-refractivity contribution in [2.24, 2.45) is 0 Å². The first-order chi connectivity index (χ1) is 14.4. The third-order valence-electron chi connectivity index (χ3n) is 4.91. The number of nitro groups is 1. The lowest BCUT2D eigenvalue weighted by Gasteiger charge is -2.26. The van der Waals surface area contributed by atoms with Crippen molar-refractivity contribution in [3.8, 4) is 5.75 Å². The lowest BCUT2D eigenvalue weighted by Crippen LogP contribution is -2.38. The van der Waals surface area contributed by atoms with Gasteiger partial charge in [-0.3, -0.25) is 19.8 Å². The molecule has 1 N–H and O–H groups in total. The van der Waals surface area contributed by atoms with Gasteiger partial charge in [0, 0.05) is 37.8 Å². The van der Waals surface area contributed by atoms with E-state index in [4.69, 9.17) is 9.47 Å². The van der Waals surface area contributed by atoms with Gasteiger partial charge in [0.25, 0.3) is 11.6 Å². The predicted molar refractivity (Wildman–Crippen MR) is 108 cm³/mol. The van der Waals surface area contributed by atoms with E-state index in [0.717, 1.165) is 50.5 Å². The van der Waals surface area contributed by atoms with Crippen LogP contribution in [0, 0.1) is 22.9 Å².